The van der Waals surface area contributed by atoms with Crippen molar-refractivity contribution in [2.24, 2.45) is 0 Å². The monoisotopic (exact) mass is 409 g/mol. The molecular formula is C19H15F4N3OS. The molecule has 1 heterocycles. The van der Waals surface area contributed by atoms with E-state index in [1.54, 1.807) is 0 Å². The van der Waals surface area contributed by atoms with Crippen molar-refractivity contribution in [3.8, 4) is 5.69 Å². The molecule has 9 heteroatoms. The summed E-state index contributed by atoms with van der Waals surface area (Å²) in [7, 11) is 1.53. The zero-order chi connectivity index (χ0) is 20.5. The van der Waals surface area contributed by atoms with Crippen molar-refractivity contribution in [2.45, 2.75) is 12.7 Å². The van der Waals surface area contributed by atoms with Crippen molar-refractivity contribution in [2.75, 3.05) is 7.05 Å². The number of hydrogen-bond donors (Lipinski definition) is 1. The van der Waals surface area contributed by atoms with Gasteiger partial charge in [-0.25, -0.2) is 4.39 Å². The molecule has 0 unspecified atom stereocenters. The molecule has 4 nitrogen and oxygen atoms in total. The van der Waals surface area contributed by atoms with Crippen LogP contribution in [0.15, 0.2) is 54.7 Å². The minimum absolute atomic E-state index is 0.109. The van der Waals surface area contributed by atoms with Crippen LogP contribution in [-0.4, -0.2) is 27.4 Å². The molecule has 0 aliphatic rings. The van der Waals surface area contributed by atoms with Gasteiger partial charge in [0.1, 0.15) is 11.5 Å². The molecule has 0 spiro atoms. The second kappa shape index (κ2) is 7.59. The smallest absolute Gasteiger partial charge is 0.336 e. The average Bonchev–Trinajstić information content (AvgIpc) is 3.03. The van der Waals surface area contributed by atoms with Gasteiger partial charge in [-0.2, -0.15) is 13.2 Å². The number of nitrogens with one attached hydrogen (secondary N) is 1. The number of imidazole rings is 1. The van der Waals surface area contributed by atoms with Gasteiger partial charge in [0.2, 0.25) is 0 Å². The molecule has 2 aromatic carbocycles. The number of amides is 1. The van der Waals surface area contributed by atoms with E-state index >= 15 is 0 Å². The van der Waals surface area contributed by atoms with E-state index in [0.717, 1.165) is 12.1 Å². The number of H-pyrrole nitrogens is 1. The lowest BCUT2D eigenvalue weighted by Gasteiger charge is -2.18. The first-order valence-corrected chi connectivity index (χ1v) is 8.55. The molecule has 28 heavy (non-hydrogen) atoms. The number of nitrogens with zero attached hydrogens (tertiary/aromatic N) is 2. The highest BCUT2D eigenvalue weighted by Gasteiger charge is 2.30. The van der Waals surface area contributed by atoms with E-state index in [4.69, 9.17) is 12.2 Å². The largest absolute Gasteiger partial charge is 0.416 e. The van der Waals surface area contributed by atoms with E-state index in [-0.39, 0.29) is 17.0 Å². The van der Waals surface area contributed by atoms with Gasteiger partial charge in [-0.1, -0.05) is 12.1 Å². The van der Waals surface area contributed by atoms with E-state index < -0.39 is 23.5 Å². The SMILES string of the molecule is CN(Cc1ccc(C(F)(F)F)cc1)C(=O)c1c[nH]c(=S)n1-c1ccc(F)cc1. The van der Waals surface area contributed by atoms with Gasteiger partial charge < -0.3 is 9.88 Å². The fourth-order valence-electron chi connectivity index (χ4n) is 2.71. The van der Waals surface area contributed by atoms with Gasteiger partial charge in [0, 0.05) is 25.5 Å². The second-order valence-corrected chi connectivity index (χ2v) is 6.53. The number of aromatic amines is 1. The molecule has 3 aromatic rings. The van der Waals surface area contributed by atoms with Gasteiger partial charge in [-0.3, -0.25) is 9.36 Å². The van der Waals surface area contributed by atoms with Gasteiger partial charge in [0.15, 0.2) is 4.77 Å². The summed E-state index contributed by atoms with van der Waals surface area (Å²) in [6.45, 7) is 0.109. The number of halogens is 4. The molecule has 0 aliphatic heterocycles. The van der Waals surface area contributed by atoms with Crippen molar-refractivity contribution in [1.29, 1.82) is 0 Å². The Morgan fingerprint density at radius 2 is 1.71 bits per heavy atom. The highest BCUT2D eigenvalue weighted by Crippen LogP contribution is 2.29. The lowest BCUT2D eigenvalue weighted by molar-refractivity contribution is -0.137. The normalized spacial score (nSPS) is 11.5. The first-order valence-electron chi connectivity index (χ1n) is 8.15. The Bertz CT molecular complexity index is 1040. The minimum Gasteiger partial charge on any atom is -0.336 e. The molecule has 0 bridgehead atoms. The Hall–Kier alpha value is -2.94. The van der Waals surface area contributed by atoms with Crippen LogP contribution in [0.4, 0.5) is 17.6 Å². The van der Waals surface area contributed by atoms with Crippen LogP contribution in [0.25, 0.3) is 5.69 Å². The Labute approximate surface area is 163 Å². The lowest BCUT2D eigenvalue weighted by atomic mass is 10.1. The summed E-state index contributed by atoms with van der Waals surface area (Å²) in [5.41, 5.74) is 0.539. The first-order chi connectivity index (χ1) is 13.2. The molecule has 0 aliphatic carbocycles. The van der Waals surface area contributed by atoms with E-state index in [1.165, 1.54) is 59.1 Å². The molecule has 0 saturated heterocycles. The molecule has 0 saturated carbocycles. The molecule has 1 amide bonds. The Kier molecular flexibility index (Phi) is 5.37. The molecule has 0 radical (unpaired) electrons. The van der Waals surface area contributed by atoms with Crippen LogP contribution in [0.1, 0.15) is 21.6 Å². The molecule has 3 rings (SSSR count). The number of carbonyl (C=O) groups excluding carboxylic acids is 1. The zero-order valence-electron chi connectivity index (χ0n) is 14.6. The maximum atomic E-state index is 13.2. The van der Waals surface area contributed by atoms with Crippen LogP contribution in [0, 0.1) is 10.6 Å². The van der Waals surface area contributed by atoms with E-state index in [2.05, 4.69) is 4.98 Å². The third-order valence-corrected chi connectivity index (χ3v) is 4.43. The molecule has 0 fully saturated rings. The Balaban J connectivity index is 1.83. The summed E-state index contributed by atoms with van der Waals surface area (Å²) >= 11 is 5.21. The summed E-state index contributed by atoms with van der Waals surface area (Å²) < 4.78 is 52.9. The van der Waals surface area contributed by atoms with Crippen LogP contribution >= 0.6 is 12.2 Å². The summed E-state index contributed by atoms with van der Waals surface area (Å²) in [4.78, 5) is 17.0. The van der Waals surface area contributed by atoms with Crippen molar-refractivity contribution < 1.29 is 22.4 Å². The molecule has 1 N–H and O–H groups in total. The summed E-state index contributed by atoms with van der Waals surface area (Å²) in [6, 6.07) is 10.1. The zero-order valence-corrected chi connectivity index (χ0v) is 15.4. The van der Waals surface area contributed by atoms with Crippen LogP contribution in [0.2, 0.25) is 0 Å². The van der Waals surface area contributed by atoms with Gasteiger partial charge in [-0.05, 0) is 54.2 Å². The Morgan fingerprint density at radius 1 is 1.11 bits per heavy atom. The second-order valence-electron chi connectivity index (χ2n) is 6.15. The van der Waals surface area contributed by atoms with Gasteiger partial charge >= 0.3 is 6.18 Å². The third kappa shape index (κ3) is 4.14. The average molecular weight is 409 g/mol. The van der Waals surface area contributed by atoms with Crippen molar-refractivity contribution in [3.63, 3.8) is 0 Å². The summed E-state index contributed by atoms with van der Waals surface area (Å²) in [6.07, 6.45) is -2.97. The van der Waals surface area contributed by atoms with E-state index in [9.17, 15) is 22.4 Å². The van der Waals surface area contributed by atoms with Crippen LogP contribution in [0.3, 0.4) is 0 Å². The highest BCUT2D eigenvalue weighted by molar-refractivity contribution is 7.71. The molecule has 146 valence electrons. The molecular weight excluding hydrogens is 394 g/mol. The quantitative estimate of drug-likeness (QED) is 0.489. The number of benzene rings is 2. The predicted molar refractivity (Wildman–Crippen MR) is 98.2 cm³/mol. The predicted octanol–water partition coefficient (Wildman–Crippen LogP) is 4.96. The van der Waals surface area contributed by atoms with E-state index in [1.807, 2.05) is 0 Å². The highest BCUT2D eigenvalue weighted by atomic mass is 32.1. The van der Waals surface area contributed by atoms with Gasteiger partial charge in [0.05, 0.1) is 5.56 Å². The number of hydrogen-bond acceptors (Lipinski definition) is 2. The third-order valence-electron chi connectivity index (χ3n) is 4.13. The van der Waals surface area contributed by atoms with Crippen LogP contribution in [-0.2, 0) is 12.7 Å². The summed E-state index contributed by atoms with van der Waals surface area (Å²) in [5, 5.41) is 0. The first kappa shape index (κ1) is 19.8. The van der Waals surface area contributed by atoms with Crippen LogP contribution in [0.5, 0.6) is 0 Å². The fraction of sp³-hybridized carbons (Fsp3) is 0.158. The van der Waals surface area contributed by atoms with Crippen LogP contribution < -0.4 is 0 Å². The molecule has 0 atom stereocenters. The maximum absolute atomic E-state index is 13.2. The number of alkyl halides is 3. The van der Waals surface area contributed by atoms with Crippen molar-refractivity contribution >= 4 is 18.1 Å². The minimum atomic E-state index is -4.41. The van der Waals surface area contributed by atoms with E-state index in [0.29, 0.717) is 11.3 Å². The van der Waals surface area contributed by atoms with Gasteiger partial charge in [-0.15, -0.1) is 0 Å². The standard InChI is InChI=1S/C19H15F4N3OS/c1-25(11-12-2-4-13(5-3-12)19(21,22)23)17(27)16-10-24-18(28)26(16)15-8-6-14(20)7-9-15/h2-10H,11H2,1H3,(H,24,28). The summed E-state index contributed by atoms with van der Waals surface area (Å²) in [5.74, 6) is -0.810. The van der Waals surface area contributed by atoms with Crippen molar-refractivity contribution in [1.82, 2.24) is 14.5 Å². The topological polar surface area (TPSA) is 41.0 Å². The fourth-order valence-corrected chi connectivity index (χ4v) is 2.98. The van der Waals surface area contributed by atoms with Crippen molar-refractivity contribution in [3.05, 3.63) is 82.1 Å². The van der Waals surface area contributed by atoms with Gasteiger partial charge in [0.25, 0.3) is 5.91 Å². The number of aromatic nitrogens is 2. The number of carbonyl (C=O) groups is 1. The Morgan fingerprint density at radius 3 is 2.29 bits per heavy atom. The molecule has 1 aromatic heterocycles. The number of rotatable bonds is 4. The lowest BCUT2D eigenvalue weighted by Crippen LogP contribution is -2.28. The maximum Gasteiger partial charge on any atom is 0.416 e.